The number of amides is 1. The van der Waals surface area contributed by atoms with Gasteiger partial charge in [-0.05, 0) is 6.07 Å². The Morgan fingerprint density at radius 3 is 2.67 bits per heavy atom. The Kier molecular flexibility index (Phi) is 5.91. The van der Waals surface area contributed by atoms with E-state index >= 15 is 0 Å². The second-order valence-electron chi connectivity index (χ2n) is 3.89. The lowest BCUT2D eigenvalue weighted by Crippen LogP contribution is -2.41. The molecule has 0 bridgehead atoms. The summed E-state index contributed by atoms with van der Waals surface area (Å²) in [5, 5.41) is 21.6. The average molecular weight is 337 g/mol. The van der Waals surface area contributed by atoms with Gasteiger partial charge < -0.3 is 10.4 Å². The van der Waals surface area contributed by atoms with Crippen molar-refractivity contribution in [1.82, 2.24) is 5.32 Å². The predicted octanol–water partition coefficient (Wildman–Crippen LogP) is 2.07. The number of benzene rings is 1. The Hall–Kier alpha value is -1.87. The number of nitro benzene ring substituents is 1. The summed E-state index contributed by atoms with van der Waals surface area (Å²) in [5.74, 6) is -2.90. The van der Waals surface area contributed by atoms with Crippen LogP contribution in [0.15, 0.2) is 17.0 Å². The van der Waals surface area contributed by atoms with Crippen LogP contribution in [-0.4, -0.2) is 33.7 Å². The molecule has 0 aromatic heterocycles. The summed E-state index contributed by atoms with van der Waals surface area (Å²) < 4.78 is 13.4. The summed E-state index contributed by atoms with van der Waals surface area (Å²) in [5.41, 5.74) is -0.432. The molecule has 0 aliphatic heterocycles. The van der Waals surface area contributed by atoms with E-state index in [-0.39, 0.29) is 10.6 Å². The van der Waals surface area contributed by atoms with Gasteiger partial charge in [-0.2, -0.15) is 0 Å². The molecule has 10 heteroatoms. The van der Waals surface area contributed by atoms with Gasteiger partial charge in [0.1, 0.15) is 11.9 Å². The topological polar surface area (TPSA) is 110 Å². The van der Waals surface area contributed by atoms with Crippen LogP contribution in [0.25, 0.3) is 0 Å². The van der Waals surface area contributed by atoms with Crippen molar-refractivity contribution in [1.29, 1.82) is 0 Å². The number of hydrogen-bond acceptors (Lipinski definition) is 5. The van der Waals surface area contributed by atoms with Crippen LogP contribution in [-0.2, 0) is 9.59 Å². The second-order valence-corrected chi connectivity index (χ2v) is 5.36. The van der Waals surface area contributed by atoms with E-state index in [2.05, 4.69) is 5.32 Å². The smallest absolute Gasteiger partial charge is 0.327 e. The van der Waals surface area contributed by atoms with Crippen LogP contribution in [0.2, 0.25) is 5.02 Å². The third kappa shape index (κ3) is 4.87. The maximum absolute atomic E-state index is 13.4. The van der Waals surface area contributed by atoms with Crippen molar-refractivity contribution in [2.45, 2.75) is 17.9 Å². The van der Waals surface area contributed by atoms with Gasteiger partial charge in [0.05, 0.1) is 14.8 Å². The van der Waals surface area contributed by atoms with Crippen molar-refractivity contribution in [2.24, 2.45) is 0 Å². The highest BCUT2D eigenvalue weighted by molar-refractivity contribution is 7.99. The molecule has 1 rings (SSSR count). The molecule has 0 heterocycles. The van der Waals surface area contributed by atoms with Crippen molar-refractivity contribution in [3.63, 3.8) is 0 Å². The number of thioether (sulfide) groups is 1. The van der Waals surface area contributed by atoms with E-state index < -0.39 is 39.4 Å². The van der Waals surface area contributed by atoms with Gasteiger partial charge in [-0.25, -0.2) is 9.18 Å². The Morgan fingerprint density at radius 2 is 2.19 bits per heavy atom. The summed E-state index contributed by atoms with van der Waals surface area (Å²) in [7, 11) is 0. The molecule has 0 saturated carbocycles. The molecule has 1 atom stereocenters. The van der Waals surface area contributed by atoms with Crippen LogP contribution >= 0.6 is 23.4 Å². The molecule has 1 aromatic carbocycles. The van der Waals surface area contributed by atoms with Gasteiger partial charge in [-0.3, -0.25) is 14.9 Å². The van der Waals surface area contributed by atoms with Crippen LogP contribution in [0.4, 0.5) is 10.1 Å². The molecule has 1 amide bonds. The summed E-state index contributed by atoms with van der Waals surface area (Å²) in [6.45, 7) is 1.14. The Morgan fingerprint density at radius 1 is 1.57 bits per heavy atom. The molecule has 0 saturated heterocycles. The van der Waals surface area contributed by atoms with E-state index in [1.165, 1.54) is 0 Å². The third-order valence-electron chi connectivity index (χ3n) is 2.28. The highest BCUT2D eigenvalue weighted by atomic mass is 35.5. The fraction of sp³-hybridized carbons (Fsp3) is 0.273. The quantitative estimate of drug-likeness (QED) is 0.467. The minimum atomic E-state index is -1.30. The average Bonchev–Trinajstić information content (AvgIpc) is 2.36. The first-order valence-electron chi connectivity index (χ1n) is 5.48. The third-order valence-corrected chi connectivity index (χ3v) is 3.71. The SMILES string of the molecule is CC(=O)NC(CSc1cc(F)c(Cl)cc1[N+](=O)[O-])C(=O)O. The number of nitrogens with zero attached hydrogens (tertiary/aromatic N) is 1. The number of hydrogen-bond donors (Lipinski definition) is 2. The molecule has 1 aromatic rings. The largest absolute Gasteiger partial charge is 0.480 e. The van der Waals surface area contributed by atoms with E-state index in [1.54, 1.807) is 0 Å². The van der Waals surface area contributed by atoms with Crippen LogP contribution in [0.5, 0.6) is 0 Å². The van der Waals surface area contributed by atoms with E-state index in [1.807, 2.05) is 0 Å². The van der Waals surface area contributed by atoms with Crippen LogP contribution in [0.3, 0.4) is 0 Å². The summed E-state index contributed by atoms with van der Waals surface area (Å²) in [6.07, 6.45) is 0. The first-order valence-corrected chi connectivity index (χ1v) is 6.85. The fourth-order valence-electron chi connectivity index (χ4n) is 1.37. The number of carboxylic acids is 1. The zero-order valence-corrected chi connectivity index (χ0v) is 12.2. The molecule has 2 N–H and O–H groups in total. The first kappa shape index (κ1) is 17.2. The maximum Gasteiger partial charge on any atom is 0.327 e. The zero-order chi connectivity index (χ0) is 16.2. The zero-order valence-electron chi connectivity index (χ0n) is 10.6. The molecular weight excluding hydrogens is 327 g/mol. The monoisotopic (exact) mass is 336 g/mol. The van der Waals surface area contributed by atoms with Gasteiger partial charge >= 0.3 is 5.97 Å². The maximum atomic E-state index is 13.4. The van der Waals surface area contributed by atoms with Crippen molar-refractivity contribution >= 4 is 40.9 Å². The van der Waals surface area contributed by atoms with E-state index in [0.717, 1.165) is 30.8 Å². The standard InChI is InChI=1S/C11H10ClFN2O5S/c1-5(16)14-8(11(17)18)4-21-10-3-7(13)6(12)2-9(10)15(19)20/h2-3,8H,4H2,1H3,(H,14,16)(H,17,18). The Labute approximate surface area is 127 Å². The number of nitro groups is 1. The number of carboxylic acid groups (broad SMARTS) is 1. The van der Waals surface area contributed by atoms with Gasteiger partial charge in [-0.15, -0.1) is 11.8 Å². The molecule has 0 fully saturated rings. The molecule has 0 aliphatic rings. The summed E-state index contributed by atoms with van der Waals surface area (Å²) in [6, 6.07) is 0.469. The van der Waals surface area contributed by atoms with E-state index in [4.69, 9.17) is 16.7 Å². The van der Waals surface area contributed by atoms with Crippen molar-refractivity contribution in [2.75, 3.05) is 5.75 Å². The minimum Gasteiger partial charge on any atom is -0.480 e. The van der Waals surface area contributed by atoms with Gasteiger partial charge in [0.15, 0.2) is 0 Å². The van der Waals surface area contributed by atoms with Gasteiger partial charge in [0.2, 0.25) is 5.91 Å². The van der Waals surface area contributed by atoms with Crippen molar-refractivity contribution in [3.8, 4) is 0 Å². The number of carbonyl (C=O) groups is 2. The van der Waals surface area contributed by atoms with Gasteiger partial charge in [-0.1, -0.05) is 11.6 Å². The van der Waals surface area contributed by atoms with Crippen molar-refractivity contribution in [3.05, 3.63) is 33.1 Å². The molecule has 1 unspecified atom stereocenters. The molecule has 0 radical (unpaired) electrons. The van der Waals surface area contributed by atoms with Crippen molar-refractivity contribution < 1.29 is 24.0 Å². The second kappa shape index (κ2) is 7.23. The van der Waals surface area contributed by atoms with Crippen LogP contribution < -0.4 is 5.32 Å². The summed E-state index contributed by atoms with van der Waals surface area (Å²) >= 11 is 6.21. The number of carbonyl (C=O) groups excluding carboxylic acids is 1. The first-order chi connectivity index (χ1) is 9.72. The lowest BCUT2D eigenvalue weighted by Gasteiger charge is -2.12. The molecular formula is C11H10ClFN2O5S. The lowest BCUT2D eigenvalue weighted by atomic mass is 10.3. The molecule has 114 valence electrons. The van der Waals surface area contributed by atoms with E-state index in [9.17, 15) is 24.1 Å². The van der Waals surface area contributed by atoms with Crippen LogP contribution in [0.1, 0.15) is 6.92 Å². The fourth-order valence-corrected chi connectivity index (χ4v) is 2.57. The predicted molar refractivity (Wildman–Crippen MR) is 74.0 cm³/mol. The van der Waals surface area contributed by atoms with Gasteiger partial charge in [0, 0.05) is 18.7 Å². The number of rotatable bonds is 6. The highest BCUT2D eigenvalue weighted by Gasteiger charge is 2.23. The Bertz CT molecular complexity index is 598. The summed E-state index contributed by atoms with van der Waals surface area (Å²) in [4.78, 5) is 31.9. The van der Waals surface area contributed by atoms with E-state index in [0.29, 0.717) is 0 Å². The molecule has 21 heavy (non-hydrogen) atoms. The molecule has 0 spiro atoms. The highest BCUT2D eigenvalue weighted by Crippen LogP contribution is 2.33. The Balaban J connectivity index is 2.96. The molecule has 7 nitrogen and oxygen atoms in total. The lowest BCUT2D eigenvalue weighted by molar-refractivity contribution is -0.387. The van der Waals surface area contributed by atoms with Crippen LogP contribution in [0, 0.1) is 15.9 Å². The number of halogens is 2. The van der Waals surface area contributed by atoms with Gasteiger partial charge in [0.25, 0.3) is 5.69 Å². The number of nitrogens with one attached hydrogen (secondary N) is 1. The number of aliphatic carboxylic acids is 1. The minimum absolute atomic E-state index is 0.0708. The normalized spacial score (nSPS) is 11.8. The molecule has 0 aliphatic carbocycles.